The fourth-order valence-corrected chi connectivity index (χ4v) is 4.88. The fourth-order valence-electron chi connectivity index (χ4n) is 4.75. The number of hydrogen-bond acceptors (Lipinski definition) is 7. The van der Waals surface area contributed by atoms with Crippen LogP contribution in [0.1, 0.15) is 16.7 Å². The summed E-state index contributed by atoms with van der Waals surface area (Å²) in [5, 5.41) is 28.9. The molecule has 4 rings (SSSR count). The van der Waals surface area contributed by atoms with Gasteiger partial charge < -0.3 is 31.9 Å². The van der Waals surface area contributed by atoms with Crippen molar-refractivity contribution in [1.82, 2.24) is 20.9 Å². The number of nitrogens with two attached hydrogens (primary N) is 1. The average molecular weight is 632 g/mol. The van der Waals surface area contributed by atoms with Gasteiger partial charge in [0.2, 0.25) is 17.7 Å². The molecule has 0 radical (unpaired) electrons. The molecule has 12 heteroatoms. The normalized spacial score (nSPS) is 13.7. The van der Waals surface area contributed by atoms with Crippen LogP contribution in [0.5, 0.6) is 0 Å². The Morgan fingerprint density at radius 2 is 1.31 bits per heavy atom. The number of aromatic nitrogens is 1. The zero-order valence-electron chi connectivity index (χ0n) is 24.2. The van der Waals surface area contributed by atoms with Crippen LogP contribution in [-0.2, 0) is 38.4 Å². The summed E-state index contributed by atoms with van der Waals surface area (Å²) >= 11 is 6.03. The molecule has 45 heavy (non-hydrogen) atoms. The minimum absolute atomic E-state index is 0.0354. The molecule has 1 heterocycles. The molecule has 7 N–H and O–H groups in total. The van der Waals surface area contributed by atoms with E-state index in [4.69, 9.17) is 17.3 Å². The maximum atomic E-state index is 13.7. The van der Waals surface area contributed by atoms with Gasteiger partial charge in [-0.1, -0.05) is 72.3 Å². The molecule has 0 aliphatic rings. The largest absolute Gasteiger partial charge is 0.480 e. The number of carbonyl (C=O) groups excluding carboxylic acids is 3. The average Bonchev–Trinajstić information content (AvgIpc) is 3.04. The Bertz CT molecular complexity index is 1640. The Morgan fingerprint density at radius 3 is 1.93 bits per heavy atom. The van der Waals surface area contributed by atoms with E-state index in [0.29, 0.717) is 16.1 Å². The number of aliphatic hydroxyl groups is 1. The molecule has 234 valence electrons. The van der Waals surface area contributed by atoms with Crippen LogP contribution in [0.25, 0.3) is 10.8 Å². The van der Waals surface area contributed by atoms with Crippen molar-refractivity contribution in [3.05, 3.63) is 113 Å². The van der Waals surface area contributed by atoms with E-state index in [1.807, 2.05) is 42.5 Å². The molecule has 3 aromatic carbocycles. The van der Waals surface area contributed by atoms with Gasteiger partial charge in [-0.3, -0.25) is 19.4 Å². The molecule has 11 nitrogen and oxygen atoms in total. The molecular formula is C33H34ClN5O6. The summed E-state index contributed by atoms with van der Waals surface area (Å²) in [6, 6.07) is 18.7. The van der Waals surface area contributed by atoms with Crippen LogP contribution in [0.15, 0.2) is 91.3 Å². The standard InChI is InChI=1S/C33H34ClN5O6/c34-25-11-8-20(9-12-25)16-27(37-30(41)26(35)15-21-7-10-23-5-1-2-6-24(23)14-21)31(42)38-28(17-22-4-3-13-36-18-22)32(43)39-29(19-40)33(44)45/h1-14,18,26-29,40H,15-17,19,35H2,(H,37,41)(H,38,42)(H,39,43)(H,44,45)/t26-,27-,28-,29+/m1/s1. The summed E-state index contributed by atoms with van der Waals surface area (Å²) in [6.07, 6.45) is 3.28. The fraction of sp³-hybridized carbons (Fsp3) is 0.242. The van der Waals surface area contributed by atoms with Crippen molar-refractivity contribution >= 4 is 46.1 Å². The molecule has 4 atom stereocenters. The van der Waals surface area contributed by atoms with E-state index in [1.165, 1.54) is 6.20 Å². The molecule has 4 aromatic rings. The molecule has 0 saturated heterocycles. The van der Waals surface area contributed by atoms with Gasteiger partial charge >= 0.3 is 5.97 Å². The number of carboxylic acid groups (broad SMARTS) is 1. The highest BCUT2D eigenvalue weighted by molar-refractivity contribution is 6.30. The minimum atomic E-state index is -1.58. The van der Waals surface area contributed by atoms with Crippen LogP contribution in [0, 0.1) is 0 Å². The van der Waals surface area contributed by atoms with Gasteiger partial charge in [0, 0.05) is 30.3 Å². The van der Waals surface area contributed by atoms with Gasteiger partial charge in [-0.2, -0.15) is 0 Å². The number of amides is 3. The van der Waals surface area contributed by atoms with E-state index in [0.717, 1.165) is 16.3 Å². The summed E-state index contributed by atoms with van der Waals surface area (Å²) < 4.78 is 0. The third-order valence-corrected chi connectivity index (χ3v) is 7.44. The molecule has 1 aromatic heterocycles. The third kappa shape index (κ3) is 9.57. The van der Waals surface area contributed by atoms with Crippen LogP contribution >= 0.6 is 11.6 Å². The van der Waals surface area contributed by atoms with Crippen LogP contribution in [0.3, 0.4) is 0 Å². The van der Waals surface area contributed by atoms with E-state index < -0.39 is 54.5 Å². The number of aliphatic hydroxyl groups excluding tert-OH is 1. The maximum Gasteiger partial charge on any atom is 0.328 e. The molecule has 0 aliphatic heterocycles. The number of fused-ring (bicyclic) bond motifs is 1. The summed E-state index contributed by atoms with van der Waals surface area (Å²) in [6.45, 7) is -0.848. The number of rotatable bonds is 14. The summed E-state index contributed by atoms with van der Waals surface area (Å²) in [5.41, 5.74) is 8.41. The molecule has 0 spiro atoms. The quantitative estimate of drug-likeness (QED) is 0.122. The van der Waals surface area contributed by atoms with E-state index >= 15 is 0 Å². The van der Waals surface area contributed by atoms with Gasteiger partial charge in [-0.15, -0.1) is 0 Å². The molecule has 0 fully saturated rings. The highest BCUT2D eigenvalue weighted by Gasteiger charge is 2.30. The van der Waals surface area contributed by atoms with Crippen molar-refractivity contribution in [3.8, 4) is 0 Å². The molecule has 0 saturated carbocycles. The Hall–Kier alpha value is -4.84. The second-order valence-electron chi connectivity index (χ2n) is 10.6. The topological polar surface area (TPSA) is 184 Å². The number of hydrogen-bond donors (Lipinski definition) is 6. The molecule has 3 amide bonds. The lowest BCUT2D eigenvalue weighted by Crippen LogP contribution is -2.58. The van der Waals surface area contributed by atoms with Crippen LogP contribution in [0.4, 0.5) is 0 Å². The van der Waals surface area contributed by atoms with Crippen molar-refractivity contribution in [1.29, 1.82) is 0 Å². The number of carbonyl (C=O) groups is 4. The second kappa shape index (κ2) is 15.8. The number of benzene rings is 3. The van der Waals surface area contributed by atoms with Crippen molar-refractivity contribution in [2.75, 3.05) is 6.61 Å². The first-order chi connectivity index (χ1) is 21.6. The molecule has 0 aliphatic carbocycles. The second-order valence-corrected chi connectivity index (χ2v) is 11.0. The first-order valence-electron chi connectivity index (χ1n) is 14.2. The first-order valence-corrected chi connectivity index (χ1v) is 14.6. The van der Waals surface area contributed by atoms with Crippen LogP contribution < -0.4 is 21.7 Å². The summed E-state index contributed by atoms with van der Waals surface area (Å²) in [5.74, 6) is -3.54. The van der Waals surface area contributed by atoms with Gasteiger partial charge in [0.1, 0.15) is 18.1 Å². The number of nitrogens with zero attached hydrogens (tertiary/aromatic N) is 1. The lowest BCUT2D eigenvalue weighted by atomic mass is 10.00. The number of nitrogens with one attached hydrogen (secondary N) is 3. The highest BCUT2D eigenvalue weighted by atomic mass is 35.5. The Kier molecular flexibility index (Phi) is 11.6. The van der Waals surface area contributed by atoms with Crippen LogP contribution in [0.2, 0.25) is 5.02 Å². The lowest BCUT2D eigenvalue weighted by Gasteiger charge is -2.25. The van der Waals surface area contributed by atoms with E-state index in [-0.39, 0.29) is 19.3 Å². The van der Waals surface area contributed by atoms with Crippen molar-refractivity contribution in [2.45, 2.75) is 43.4 Å². The monoisotopic (exact) mass is 631 g/mol. The first kappa shape index (κ1) is 33.1. The zero-order chi connectivity index (χ0) is 32.3. The van der Waals surface area contributed by atoms with E-state index in [1.54, 1.807) is 42.6 Å². The van der Waals surface area contributed by atoms with Crippen molar-refractivity contribution in [2.24, 2.45) is 5.73 Å². The third-order valence-electron chi connectivity index (χ3n) is 7.19. The smallest absolute Gasteiger partial charge is 0.328 e. The van der Waals surface area contributed by atoms with E-state index in [9.17, 15) is 29.4 Å². The predicted molar refractivity (Wildman–Crippen MR) is 169 cm³/mol. The Labute approximate surface area is 264 Å². The van der Waals surface area contributed by atoms with Gasteiger partial charge in [0.15, 0.2) is 0 Å². The summed E-state index contributed by atoms with van der Waals surface area (Å²) in [7, 11) is 0. The number of halogens is 1. The predicted octanol–water partition coefficient (Wildman–Crippen LogP) is 1.77. The van der Waals surface area contributed by atoms with E-state index in [2.05, 4.69) is 20.9 Å². The van der Waals surface area contributed by atoms with Gasteiger partial charge in [0.05, 0.1) is 12.6 Å². The zero-order valence-corrected chi connectivity index (χ0v) is 25.0. The number of aliphatic carboxylic acids is 1. The van der Waals surface area contributed by atoms with Gasteiger partial charge in [0.25, 0.3) is 0 Å². The van der Waals surface area contributed by atoms with Crippen LogP contribution in [-0.4, -0.2) is 69.7 Å². The lowest BCUT2D eigenvalue weighted by molar-refractivity contribution is -0.143. The van der Waals surface area contributed by atoms with Crippen molar-refractivity contribution < 1.29 is 29.4 Å². The number of carboxylic acids is 1. The van der Waals surface area contributed by atoms with Crippen molar-refractivity contribution in [3.63, 3.8) is 0 Å². The molecular weight excluding hydrogens is 598 g/mol. The van der Waals surface area contributed by atoms with Gasteiger partial charge in [-0.25, -0.2) is 4.79 Å². The Morgan fingerprint density at radius 1 is 0.711 bits per heavy atom. The summed E-state index contributed by atoms with van der Waals surface area (Å²) in [4.78, 5) is 55.7. The SMILES string of the molecule is N[C@H](Cc1ccc2ccccc2c1)C(=O)N[C@H](Cc1ccc(Cl)cc1)C(=O)N[C@H](Cc1cccnc1)C(=O)N[C@@H](CO)C(=O)O. The molecule has 0 bridgehead atoms. The maximum absolute atomic E-state index is 13.7. The molecule has 0 unspecified atom stereocenters. The Balaban J connectivity index is 1.54. The van der Waals surface area contributed by atoms with Gasteiger partial charge in [-0.05, 0) is 52.1 Å². The highest BCUT2D eigenvalue weighted by Crippen LogP contribution is 2.17. The minimum Gasteiger partial charge on any atom is -0.480 e. The number of pyridine rings is 1.